The van der Waals surface area contributed by atoms with Gasteiger partial charge in [0.05, 0.1) is 7.11 Å². The molecule has 0 fully saturated rings. The van der Waals surface area contributed by atoms with Crippen LogP contribution in [0.1, 0.15) is 38.3 Å². The van der Waals surface area contributed by atoms with Gasteiger partial charge in [-0.2, -0.15) is 0 Å². The predicted octanol–water partition coefficient (Wildman–Crippen LogP) is 3.01. The summed E-state index contributed by atoms with van der Waals surface area (Å²) in [6.45, 7) is 6.38. The van der Waals surface area contributed by atoms with Gasteiger partial charge in [-0.3, -0.25) is 4.79 Å². The Bertz CT molecular complexity index is 402. The smallest absolute Gasteiger partial charge is 0.303 e. The van der Waals surface area contributed by atoms with Gasteiger partial charge in [-0.1, -0.05) is 32.9 Å². The van der Waals surface area contributed by atoms with Crippen LogP contribution >= 0.6 is 0 Å². The van der Waals surface area contributed by atoms with Crippen molar-refractivity contribution in [2.75, 3.05) is 7.11 Å². The van der Waals surface area contributed by atoms with Crippen molar-refractivity contribution in [2.45, 2.75) is 39.0 Å². The zero-order chi connectivity index (χ0) is 13.1. The molecule has 1 aromatic carbocycles. The highest BCUT2D eigenvalue weighted by atomic mass is 16.5. The molecule has 17 heavy (non-hydrogen) atoms. The lowest BCUT2D eigenvalue weighted by Crippen LogP contribution is -2.13. The summed E-state index contributed by atoms with van der Waals surface area (Å²) in [5.41, 5.74) is 2.16. The van der Waals surface area contributed by atoms with E-state index in [0.717, 1.165) is 16.9 Å². The van der Waals surface area contributed by atoms with Crippen LogP contribution in [0.25, 0.3) is 0 Å². The molecule has 0 bridgehead atoms. The standard InChI is InChI=1S/C14H20O3/c1-14(2,3)11-7-5-10(6-8-13(15)16)9-12(11)17-4/h5,7,9H,6,8H2,1-4H3,(H,15,16). The van der Waals surface area contributed by atoms with E-state index in [1.807, 2.05) is 18.2 Å². The van der Waals surface area contributed by atoms with Crippen molar-refractivity contribution >= 4 is 5.97 Å². The van der Waals surface area contributed by atoms with Gasteiger partial charge in [0, 0.05) is 6.42 Å². The Kier molecular flexibility index (Phi) is 4.16. The molecule has 0 aliphatic rings. The number of ether oxygens (including phenoxy) is 1. The van der Waals surface area contributed by atoms with Gasteiger partial charge in [-0.25, -0.2) is 0 Å². The Morgan fingerprint density at radius 3 is 2.47 bits per heavy atom. The van der Waals surface area contributed by atoms with Gasteiger partial charge in [0.1, 0.15) is 5.75 Å². The quantitative estimate of drug-likeness (QED) is 0.874. The van der Waals surface area contributed by atoms with Crippen molar-refractivity contribution in [3.8, 4) is 5.75 Å². The molecule has 0 unspecified atom stereocenters. The molecule has 0 aromatic heterocycles. The van der Waals surface area contributed by atoms with Crippen molar-refractivity contribution in [3.63, 3.8) is 0 Å². The molecule has 0 aliphatic heterocycles. The number of carboxylic acid groups (broad SMARTS) is 1. The van der Waals surface area contributed by atoms with E-state index in [1.54, 1.807) is 7.11 Å². The van der Waals surface area contributed by atoms with Crippen molar-refractivity contribution in [1.29, 1.82) is 0 Å². The van der Waals surface area contributed by atoms with Crippen molar-refractivity contribution in [1.82, 2.24) is 0 Å². The average Bonchev–Trinajstić information content (AvgIpc) is 2.24. The number of carbonyl (C=O) groups is 1. The van der Waals surface area contributed by atoms with Gasteiger partial charge in [-0.15, -0.1) is 0 Å². The maximum Gasteiger partial charge on any atom is 0.303 e. The van der Waals surface area contributed by atoms with Crippen LogP contribution in [-0.2, 0) is 16.6 Å². The van der Waals surface area contributed by atoms with Crippen LogP contribution in [0.2, 0.25) is 0 Å². The Morgan fingerprint density at radius 2 is 2.00 bits per heavy atom. The Hall–Kier alpha value is -1.51. The SMILES string of the molecule is COc1cc(CCC(=O)O)ccc1C(C)(C)C. The fourth-order valence-corrected chi connectivity index (χ4v) is 1.76. The van der Waals surface area contributed by atoms with Crippen LogP contribution in [0.4, 0.5) is 0 Å². The van der Waals surface area contributed by atoms with E-state index in [-0.39, 0.29) is 11.8 Å². The Labute approximate surface area is 102 Å². The third-order valence-electron chi connectivity index (χ3n) is 2.70. The molecule has 0 saturated carbocycles. The molecular formula is C14H20O3. The van der Waals surface area contributed by atoms with Crippen LogP contribution in [0.3, 0.4) is 0 Å². The van der Waals surface area contributed by atoms with Crippen molar-refractivity contribution < 1.29 is 14.6 Å². The van der Waals surface area contributed by atoms with E-state index >= 15 is 0 Å². The highest BCUT2D eigenvalue weighted by Crippen LogP contribution is 2.32. The van der Waals surface area contributed by atoms with Crippen LogP contribution in [0, 0.1) is 0 Å². The van der Waals surface area contributed by atoms with Crippen LogP contribution in [0.15, 0.2) is 18.2 Å². The summed E-state index contributed by atoms with van der Waals surface area (Å²) in [6, 6.07) is 5.94. The van der Waals surface area contributed by atoms with Gasteiger partial charge < -0.3 is 9.84 Å². The second-order valence-electron chi connectivity index (χ2n) is 5.18. The van der Waals surface area contributed by atoms with Gasteiger partial charge in [0.15, 0.2) is 0 Å². The number of aliphatic carboxylic acids is 1. The molecule has 0 aliphatic carbocycles. The molecule has 94 valence electrons. The molecule has 3 heteroatoms. The van der Waals surface area contributed by atoms with Crippen LogP contribution in [0.5, 0.6) is 5.75 Å². The number of rotatable bonds is 4. The average molecular weight is 236 g/mol. The predicted molar refractivity (Wildman–Crippen MR) is 67.7 cm³/mol. The highest BCUT2D eigenvalue weighted by Gasteiger charge is 2.18. The van der Waals surface area contributed by atoms with E-state index < -0.39 is 5.97 Å². The normalized spacial score (nSPS) is 11.3. The summed E-state index contributed by atoms with van der Waals surface area (Å²) in [6.07, 6.45) is 0.689. The topological polar surface area (TPSA) is 46.5 Å². The van der Waals surface area contributed by atoms with Crippen molar-refractivity contribution in [3.05, 3.63) is 29.3 Å². The third-order valence-corrected chi connectivity index (χ3v) is 2.70. The van der Waals surface area contributed by atoms with E-state index in [1.165, 1.54) is 0 Å². The molecule has 0 saturated heterocycles. The minimum atomic E-state index is -0.774. The second kappa shape index (κ2) is 5.21. The summed E-state index contributed by atoms with van der Waals surface area (Å²) in [7, 11) is 1.64. The molecule has 0 radical (unpaired) electrons. The van der Waals surface area contributed by atoms with E-state index in [4.69, 9.17) is 9.84 Å². The maximum absolute atomic E-state index is 10.5. The second-order valence-corrected chi connectivity index (χ2v) is 5.18. The molecule has 1 rings (SSSR count). The number of methoxy groups -OCH3 is 1. The van der Waals surface area contributed by atoms with Gasteiger partial charge in [-0.05, 0) is 29.0 Å². The lowest BCUT2D eigenvalue weighted by molar-refractivity contribution is -0.136. The summed E-state index contributed by atoms with van der Waals surface area (Å²) in [5, 5.41) is 8.65. The fraction of sp³-hybridized carbons (Fsp3) is 0.500. The first-order chi connectivity index (χ1) is 7.84. The molecule has 3 nitrogen and oxygen atoms in total. The summed E-state index contributed by atoms with van der Waals surface area (Å²) >= 11 is 0. The minimum Gasteiger partial charge on any atom is -0.496 e. The first-order valence-corrected chi connectivity index (χ1v) is 5.74. The Morgan fingerprint density at radius 1 is 1.35 bits per heavy atom. The lowest BCUT2D eigenvalue weighted by atomic mass is 9.85. The van der Waals surface area contributed by atoms with E-state index in [9.17, 15) is 4.79 Å². The molecule has 0 heterocycles. The van der Waals surface area contributed by atoms with Crippen molar-refractivity contribution in [2.24, 2.45) is 0 Å². The molecule has 1 aromatic rings. The zero-order valence-electron chi connectivity index (χ0n) is 10.9. The van der Waals surface area contributed by atoms with E-state index in [0.29, 0.717) is 6.42 Å². The third kappa shape index (κ3) is 3.77. The summed E-state index contributed by atoms with van der Waals surface area (Å²) < 4.78 is 5.37. The first-order valence-electron chi connectivity index (χ1n) is 5.74. The van der Waals surface area contributed by atoms with Gasteiger partial charge in [0.25, 0.3) is 0 Å². The number of hydrogen-bond donors (Lipinski definition) is 1. The monoisotopic (exact) mass is 236 g/mol. The number of aryl methyl sites for hydroxylation is 1. The maximum atomic E-state index is 10.5. The minimum absolute atomic E-state index is 0.0245. The molecule has 0 spiro atoms. The molecule has 0 atom stereocenters. The largest absolute Gasteiger partial charge is 0.496 e. The number of hydrogen-bond acceptors (Lipinski definition) is 2. The molecule has 1 N–H and O–H groups in total. The zero-order valence-corrected chi connectivity index (χ0v) is 10.9. The lowest BCUT2D eigenvalue weighted by Gasteiger charge is -2.22. The summed E-state index contributed by atoms with van der Waals surface area (Å²) in [4.78, 5) is 10.5. The fourth-order valence-electron chi connectivity index (χ4n) is 1.76. The van der Waals surface area contributed by atoms with Crippen LogP contribution < -0.4 is 4.74 Å². The number of carboxylic acids is 1. The van der Waals surface area contributed by atoms with Gasteiger partial charge in [0.2, 0.25) is 0 Å². The molecule has 0 amide bonds. The van der Waals surface area contributed by atoms with Crippen LogP contribution in [-0.4, -0.2) is 18.2 Å². The molecular weight excluding hydrogens is 216 g/mol. The Balaban J connectivity index is 2.96. The van der Waals surface area contributed by atoms with E-state index in [2.05, 4.69) is 20.8 Å². The van der Waals surface area contributed by atoms with Gasteiger partial charge >= 0.3 is 5.97 Å². The number of benzene rings is 1. The highest BCUT2D eigenvalue weighted by molar-refractivity contribution is 5.67. The first kappa shape index (κ1) is 13.6. The summed E-state index contributed by atoms with van der Waals surface area (Å²) in [5.74, 6) is 0.0595.